The molecule has 0 bridgehead atoms. The second kappa shape index (κ2) is 12.3. The molecule has 0 radical (unpaired) electrons. The van der Waals surface area contributed by atoms with Gasteiger partial charge in [-0.25, -0.2) is 4.79 Å². The highest BCUT2D eigenvalue weighted by atomic mass is 32.2. The number of rotatable bonds is 13. The molecule has 26 heavy (non-hydrogen) atoms. The number of carbonyl (C=O) groups is 5. The Balaban J connectivity index is 2.28. The summed E-state index contributed by atoms with van der Waals surface area (Å²) in [6, 6.07) is -0.973. The van der Waals surface area contributed by atoms with Gasteiger partial charge in [-0.1, -0.05) is 0 Å². The van der Waals surface area contributed by atoms with Crippen molar-refractivity contribution in [3.8, 4) is 0 Å². The molecule has 1 aliphatic rings. The second-order valence-corrected chi connectivity index (χ2v) is 5.98. The normalized spacial score (nSPS) is 14.9. The van der Waals surface area contributed by atoms with Gasteiger partial charge in [0, 0.05) is 25.6 Å². The number of hydrogen-bond donors (Lipinski definition) is 2. The van der Waals surface area contributed by atoms with Crippen molar-refractivity contribution in [3.63, 3.8) is 0 Å². The summed E-state index contributed by atoms with van der Waals surface area (Å²) in [4.78, 5) is 61.8. The van der Waals surface area contributed by atoms with E-state index >= 15 is 0 Å². The first kappa shape index (κ1) is 21.9. The van der Waals surface area contributed by atoms with Crippen LogP contribution in [0, 0.1) is 0 Å². The van der Waals surface area contributed by atoms with Crippen molar-refractivity contribution < 1.29 is 33.0 Å². The van der Waals surface area contributed by atoms with Crippen molar-refractivity contribution >= 4 is 42.1 Å². The summed E-state index contributed by atoms with van der Waals surface area (Å²) in [5, 5.41) is 5.47. The minimum Gasteiger partial charge on any atom is -0.356 e. The van der Waals surface area contributed by atoms with Gasteiger partial charge < -0.3 is 19.7 Å². The number of amides is 4. The molecule has 10 nitrogen and oxygen atoms in total. The number of nitrogens with zero attached hydrogens (tertiary/aromatic N) is 1. The van der Waals surface area contributed by atoms with Crippen LogP contribution in [0.5, 0.6) is 0 Å². The molecule has 0 aromatic carbocycles. The third-order valence-corrected chi connectivity index (χ3v) is 3.92. The Morgan fingerprint density at radius 1 is 1.27 bits per heavy atom. The summed E-state index contributed by atoms with van der Waals surface area (Å²) in [6.07, 6.45) is 3.74. The fraction of sp³-hybridized carbons (Fsp3) is 0.667. The number of unbranched alkanes of at least 4 members (excludes halogenated alkanes) is 1. The molecule has 1 fully saturated rings. The molecule has 2 N–H and O–H groups in total. The lowest BCUT2D eigenvalue weighted by atomic mass is 10.1. The zero-order valence-corrected chi connectivity index (χ0v) is 15.3. The predicted molar refractivity (Wildman–Crippen MR) is 91.1 cm³/mol. The van der Waals surface area contributed by atoms with Gasteiger partial charge in [0.2, 0.25) is 12.3 Å². The van der Waals surface area contributed by atoms with Crippen molar-refractivity contribution in [2.75, 3.05) is 19.4 Å². The van der Waals surface area contributed by atoms with E-state index in [-0.39, 0.29) is 31.6 Å². The third-order valence-electron chi connectivity index (χ3n) is 3.51. The van der Waals surface area contributed by atoms with Crippen molar-refractivity contribution in [2.24, 2.45) is 0 Å². The van der Waals surface area contributed by atoms with Crippen molar-refractivity contribution in [1.29, 1.82) is 0 Å². The van der Waals surface area contributed by atoms with E-state index in [4.69, 9.17) is 9.02 Å². The Morgan fingerprint density at radius 3 is 2.58 bits per heavy atom. The topological polar surface area (TPSA) is 131 Å². The lowest BCUT2D eigenvalue weighted by Gasteiger charge is -2.18. The first-order chi connectivity index (χ1) is 12.5. The molecule has 1 atom stereocenters. The molecule has 4 amide bonds. The van der Waals surface area contributed by atoms with Crippen LogP contribution >= 0.6 is 12.0 Å². The monoisotopic (exact) mass is 389 g/mol. The minimum atomic E-state index is -0.973. The van der Waals surface area contributed by atoms with E-state index in [2.05, 4.69) is 10.6 Å². The molecule has 0 spiro atoms. The van der Waals surface area contributed by atoms with E-state index in [1.807, 2.05) is 0 Å². The zero-order chi connectivity index (χ0) is 19.4. The highest BCUT2D eigenvalue weighted by molar-refractivity contribution is 7.93. The van der Waals surface area contributed by atoms with Crippen LogP contribution in [-0.4, -0.2) is 60.6 Å². The van der Waals surface area contributed by atoms with E-state index in [0.29, 0.717) is 37.5 Å². The number of hydroxylamine groups is 2. The molecule has 1 aliphatic heterocycles. The Labute approximate surface area is 155 Å². The van der Waals surface area contributed by atoms with E-state index in [1.165, 1.54) is 12.0 Å². The van der Waals surface area contributed by atoms with Crippen LogP contribution in [0.15, 0.2) is 0 Å². The first-order valence-electron chi connectivity index (χ1n) is 8.19. The van der Waals surface area contributed by atoms with Gasteiger partial charge in [-0.15, -0.1) is 5.06 Å². The van der Waals surface area contributed by atoms with Crippen LogP contribution in [0.4, 0.5) is 0 Å². The summed E-state index contributed by atoms with van der Waals surface area (Å²) >= 11 is 1.19. The number of nitrogens with one attached hydrogen (secondary N) is 2. The fourth-order valence-electron chi connectivity index (χ4n) is 2.17. The van der Waals surface area contributed by atoms with Crippen LogP contribution in [-0.2, 0) is 33.0 Å². The highest BCUT2D eigenvalue weighted by Gasteiger charge is 2.34. The van der Waals surface area contributed by atoms with Crippen LogP contribution in [0.2, 0.25) is 0 Å². The Morgan fingerprint density at radius 2 is 1.96 bits per heavy atom. The third kappa shape index (κ3) is 7.83. The van der Waals surface area contributed by atoms with Gasteiger partial charge in [-0.3, -0.25) is 19.2 Å². The van der Waals surface area contributed by atoms with Crippen molar-refractivity contribution in [1.82, 2.24) is 15.7 Å². The maximum atomic E-state index is 12.0. The number of imide groups is 1. The Bertz CT molecular complexity index is 513. The smallest absolute Gasteiger partial charge is 0.355 e. The first-order valence-corrected chi connectivity index (χ1v) is 9.34. The highest BCUT2D eigenvalue weighted by Crippen LogP contribution is 2.13. The standard InChI is InChI=1S/C15H23N3O7S/c1-26-24-9-7-12(20)16-8-3-2-4-11(17-10-19)15(23)25-18-13(21)5-6-14(18)22/h10-11H,2-9H2,1H3,(H,16,20)(H,17,19). The van der Waals surface area contributed by atoms with Gasteiger partial charge in [-0.2, -0.15) is 0 Å². The number of hydrogen-bond acceptors (Lipinski definition) is 8. The summed E-state index contributed by atoms with van der Waals surface area (Å²) in [6.45, 7) is 0.752. The van der Waals surface area contributed by atoms with Crippen LogP contribution in [0.3, 0.4) is 0 Å². The van der Waals surface area contributed by atoms with E-state index in [9.17, 15) is 24.0 Å². The number of carbonyl (C=O) groups excluding carboxylic acids is 5. The molecule has 0 aliphatic carbocycles. The predicted octanol–water partition coefficient (Wildman–Crippen LogP) is -0.321. The molecule has 1 unspecified atom stereocenters. The lowest BCUT2D eigenvalue weighted by Crippen LogP contribution is -2.42. The molecule has 11 heteroatoms. The molecule has 0 aromatic heterocycles. The van der Waals surface area contributed by atoms with E-state index in [1.54, 1.807) is 6.26 Å². The summed E-state index contributed by atoms with van der Waals surface area (Å²) in [5.74, 6) is -2.17. The fourth-order valence-corrected chi connectivity index (χ4v) is 2.42. The summed E-state index contributed by atoms with van der Waals surface area (Å²) in [7, 11) is 0. The molecule has 1 heterocycles. The van der Waals surface area contributed by atoms with E-state index < -0.39 is 23.8 Å². The van der Waals surface area contributed by atoms with Gasteiger partial charge >= 0.3 is 5.97 Å². The maximum Gasteiger partial charge on any atom is 0.355 e. The second-order valence-electron chi connectivity index (χ2n) is 5.41. The molecule has 0 saturated carbocycles. The maximum absolute atomic E-state index is 12.0. The van der Waals surface area contributed by atoms with Gasteiger partial charge in [0.25, 0.3) is 11.8 Å². The molecule has 1 saturated heterocycles. The van der Waals surface area contributed by atoms with Gasteiger partial charge in [0.05, 0.1) is 13.0 Å². The SMILES string of the molecule is CSOCCC(=O)NCCCCC(NC=O)C(=O)ON1C(=O)CCC1=O. The van der Waals surface area contributed by atoms with Crippen LogP contribution < -0.4 is 10.6 Å². The molecule has 0 aromatic rings. The average Bonchev–Trinajstić information content (AvgIpc) is 2.92. The van der Waals surface area contributed by atoms with Crippen LogP contribution in [0.25, 0.3) is 0 Å². The molecule has 1 rings (SSSR count). The minimum absolute atomic E-state index is 0.000426. The van der Waals surface area contributed by atoms with E-state index in [0.717, 1.165) is 0 Å². The van der Waals surface area contributed by atoms with Crippen molar-refractivity contribution in [2.45, 2.75) is 44.6 Å². The molecule has 146 valence electrons. The van der Waals surface area contributed by atoms with Crippen molar-refractivity contribution in [3.05, 3.63) is 0 Å². The summed E-state index contributed by atoms with van der Waals surface area (Å²) < 4.78 is 5.00. The Hall–Kier alpha value is -2.14. The largest absolute Gasteiger partial charge is 0.356 e. The molecular formula is C15H23N3O7S. The average molecular weight is 389 g/mol. The zero-order valence-electron chi connectivity index (χ0n) is 14.5. The lowest BCUT2D eigenvalue weighted by molar-refractivity contribution is -0.199. The molecular weight excluding hydrogens is 366 g/mol. The quantitative estimate of drug-likeness (QED) is 0.190. The Kier molecular flexibility index (Phi) is 10.3. The van der Waals surface area contributed by atoms with Gasteiger partial charge in [-0.05, 0) is 31.3 Å². The van der Waals surface area contributed by atoms with Crippen LogP contribution in [0.1, 0.15) is 38.5 Å². The van der Waals surface area contributed by atoms with Gasteiger partial charge in [0.15, 0.2) is 0 Å². The van der Waals surface area contributed by atoms with Gasteiger partial charge in [0.1, 0.15) is 6.04 Å². The summed E-state index contributed by atoms with van der Waals surface area (Å²) in [5.41, 5.74) is 0.